The summed E-state index contributed by atoms with van der Waals surface area (Å²) < 4.78 is 26.3. The van der Waals surface area contributed by atoms with Gasteiger partial charge in [-0.2, -0.15) is 0 Å². The molecule has 2 aromatic heterocycles. The molecule has 0 bridgehead atoms. The van der Waals surface area contributed by atoms with Gasteiger partial charge in [-0.05, 0) is 12.1 Å². The number of hydrogen-bond donors (Lipinski definition) is 0. The lowest BCUT2D eigenvalue weighted by Crippen LogP contribution is -2.28. The Bertz CT molecular complexity index is 615. The number of anilines is 1. The van der Waals surface area contributed by atoms with Gasteiger partial charge >= 0.3 is 0 Å². The van der Waals surface area contributed by atoms with Crippen molar-refractivity contribution in [2.45, 2.75) is 5.92 Å². The van der Waals surface area contributed by atoms with Gasteiger partial charge in [0.15, 0.2) is 0 Å². The van der Waals surface area contributed by atoms with E-state index < -0.39 is 17.8 Å². The van der Waals surface area contributed by atoms with Gasteiger partial charge in [-0.15, -0.1) is 0 Å². The summed E-state index contributed by atoms with van der Waals surface area (Å²) in [5, 5.41) is 0. The molecule has 20 heavy (non-hydrogen) atoms. The van der Waals surface area contributed by atoms with Gasteiger partial charge in [-0.25, -0.2) is 18.7 Å². The lowest BCUT2D eigenvalue weighted by Gasteiger charge is -2.19. The van der Waals surface area contributed by atoms with Crippen LogP contribution in [0.3, 0.4) is 0 Å². The number of pyridine rings is 1. The van der Waals surface area contributed by atoms with Gasteiger partial charge < -0.3 is 4.90 Å². The normalized spacial score (nSPS) is 26.4. The van der Waals surface area contributed by atoms with Crippen LogP contribution in [0.1, 0.15) is 0 Å². The summed E-state index contributed by atoms with van der Waals surface area (Å²) in [6.07, 6.45) is 5.08. The molecule has 4 nitrogen and oxygen atoms in total. The number of nitrogens with zero attached hydrogens (tertiary/aromatic N) is 4. The number of piperidine rings is 1. The van der Waals surface area contributed by atoms with E-state index in [1.54, 1.807) is 18.6 Å². The molecule has 3 heterocycles. The summed E-state index contributed by atoms with van der Waals surface area (Å²) in [4.78, 5) is 14.6. The Balaban J connectivity index is 1.52. The summed E-state index contributed by atoms with van der Waals surface area (Å²) in [6, 6.07) is 5.62. The first-order chi connectivity index (χ1) is 9.66. The summed E-state index contributed by atoms with van der Waals surface area (Å²) in [7, 11) is 0. The van der Waals surface area contributed by atoms with E-state index in [1.165, 1.54) is 0 Å². The van der Waals surface area contributed by atoms with Crippen LogP contribution in [0, 0.1) is 11.8 Å². The Morgan fingerprint density at radius 2 is 1.75 bits per heavy atom. The summed E-state index contributed by atoms with van der Waals surface area (Å²) >= 11 is 0. The number of fused-ring (bicyclic) bond motifs is 1. The van der Waals surface area contributed by atoms with Crippen LogP contribution < -0.4 is 4.90 Å². The lowest BCUT2D eigenvalue weighted by molar-refractivity contribution is 0.0796. The van der Waals surface area contributed by atoms with E-state index in [4.69, 9.17) is 0 Å². The number of alkyl halides is 2. The van der Waals surface area contributed by atoms with E-state index in [-0.39, 0.29) is 0 Å². The SMILES string of the molecule is FC1(F)C2CN(c3ncc(-c4ccccn4)cn3)CC21. The molecule has 2 aromatic rings. The summed E-state index contributed by atoms with van der Waals surface area (Å²) in [5.41, 5.74) is 1.62. The average molecular weight is 274 g/mol. The highest BCUT2D eigenvalue weighted by Gasteiger charge is 2.71. The minimum atomic E-state index is -2.47. The molecule has 2 aliphatic rings. The second-order valence-electron chi connectivity index (χ2n) is 5.28. The van der Waals surface area contributed by atoms with Crippen molar-refractivity contribution in [2.75, 3.05) is 18.0 Å². The van der Waals surface area contributed by atoms with E-state index in [2.05, 4.69) is 15.0 Å². The number of aromatic nitrogens is 3. The lowest BCUT2D eigenvalue weighted by atomic mass is 10.2. The second kappa shape index (κ2) is 3.94. The zero-order valence-corrected chi connectivity index (χ0v) is 10.6. The van der Waals surface area contributed by atoms with Crippen LogP contribution in [0.25, 0.3) is 11.3 Å². The van der Waals surface area contributed by atoms with Crippen molar-refractivity contribution in [1.29, 1.82) is 0 Å². The van der Waals surface area contributed by atoms with Crippen molar-refractivity contribution in [1.82, 2.24) is 15.0 Å². The van der Waals surface area contributed by atoms with Crippen LogP contribution in [0.4, 0.5) is 14.7 Å². The fraction of sp³-hybridized carbons (Fsp3) is 0.357. The molecule has 0 spiro atoms. The van der Waals surface area contributed by atoms with E-state index in [1.807, 2.05) is 23.1 Å². The van der Waals surface area contributed by atoms with E-state index in [9.17, 15) is 8.78 Å². The number of halogens is 2. The number of hydrogen-bond acceptors (Lipinski definition) is 4. The molecule has 1 saturated heterocycles. The molecule has 0 radical (unpaired) electrons. The van der Waals surface area contributed by atoms with Crippen molar-refractivity contribution in [3.8, 4) is 11.3 Å². The Morgan fingerprint density at radius 3 is 2.35 bits per heavy atom. The first-order valence-electron chi connectivity index (χ1n) is 6.52. The Morgan fingerprint density at radius 1 is 1.05 bits per heavy atom. The molecule has 1 aliphatic heterocycles. The molecule has 1 aliphatic carbocycles. The zero-order valence-electron chi connectivity index (χ0n) is 10.6. The highest BCUT2D eigenvalue weighted by atomic mass is 19.3. The van der Waals surface area contributed by atoms with Gasteiger partial charge in [0.2, 0.25) is 5.95 Å². The minimum absolute atomic E-state index is 0.348. The van der Waals surface area contributed by atoms with E-state index >= 15 is 0 Å². The van der Waals surface area contributed by atoms with Crippen LogP contribution >= 0.6 is 0 Å². The highest BCUT2D eigenvalue weighted by Crippen LogP contribution is 2.59. The Labute approximate surface area is 114 Å². The minimum Gasteiger partial charge on any atom is -0.340 e. The maximum Gasteiger partial charge on any atom is 0.258 e. The fourth-order valence-electron chi connectivity index (χ4n) is 2.82. The van der Waals surface area contributed by atoms with E-state index in [0.717, 1.165) is 11.3 Å². The topological polar surface area (TPSA) is 41.9 Å². The van der Waals surface area contributed by atoms with Crippen molar-refractivity contribution < 1.29 is 8.78 Å². The molecule has 0 N–H and O–H groups in total. The molecule has 0 amide bonds. The predicted octanol–water partition coefficient (Wildman–Crippen LogP) is 2.24. The third-order valence-electron chi connectivity index (χ3n) is 4.08. The third kappa shape index (κ3) is 1.67. The van der Waals surface area contributed by atoms with Gasteiger partial charge in [0.05, 0.1) is 17.5 Å². The van der Waals surface area contributed by atoms with Crippen molar-refractivity contribution >= 4 is 5.95 Å². The fourth-order valence-corrected chi connectivity index (χ4v) is 2.82. The standard InChI is InChI=1S/C14H12F2N4/c15-14(16)10-7-20(8-11(10)14)13-18-5-9(6-19-13)12-3-1-2-4-17-12/h1-6,10-11H,7-8H2. The van der Waals surface area contributed by atoms with Crippen LogP contribution in [-0.2, 0) is 0 Å². The Kier molecular flexibility index (Phi) is 2.31. The molecule has 6 heteroatoms. The maximum atomic E-state index is 13.1. The molecule has 2 atom stereocenters. The highest BCUT2D eigenvalue weighted by molar-refractivity contribution is 5.57. The molecule has 2 fully saturated rings. The summed E-state index contributed by atoms with van der Waals surface area (Å²) in [6.45, 7) is 0.696. The van der Waals surface area contributed by atoms with Gasteiger partial charge in [-0.3, -0.25) is 4.98 Å². The molecule has 4 rings (SSSR count). The summed E-state index contributed by atoms with van der Waals surface area (Å²) in [5.74, 6) is -2.97. The molecule has 102 valence electrons. The zero-order chi connectivity index (χ0) is 13.7. The molecule has 1 saturated carbocycles. The van der Waals surface area contributed by atoms with Crippen LogP contribution in [0.15, 0.2) is 36.8 Å². The van der Waals surface area contributed by atoms with Crippen molar-refractivity contribution in [3.63, 3.8) is 0 Å². The number of rotatable bonds is 2. The largest absolute Gasteiger partial charge is 0.340 e. The molecule has 2 unspecified atom stereocenters. The second-order valence-corrected chi connectivity index (χ2v) is 5.28. The average Bonchev–Trinajstić information content (AvgIpc) is 2.85. The smallest absolute Gasteiger partial charge is 0.258 e. The van der Waals surface area contributed by atoms with Gasteiger partial charge in [0.1, 0.15) is 0 Å². The van der Waals surface area contributed by atoms with Gasteiger partial charge in [-0.1, -0.05) is 6.07 Å². The first-order valence-corrected chi connectivity index (χ1v) is 6.52. The third-order valence-corrected chi connectivity index (χ3v) is 4.08. The monoisotopic (exact) mass is 274 g/mol. The van der Waals surface area contributed by atoms with Crippen molar-refractivity contribution in [2.24, 2.45) is 11.8 Å². The van der Waals surface area contributed by atoms with Gasteiger partial charge in [0, 0.05) is 37.2 Å². The maximum absolute atomic E-state index is 13.1. The van der Waals surface area contributed by atoms with E-state index in [0.29, 0.717) is 19.0 Å². The quantitative estimate of drug-likeness (QED) is 0.842. The van der Waals surface area contributed by atoms with Crippen LogP contribution in [-0.4, -0.2) is 34.0 Å². The first kappa shape index (κ1) is 11.7. The van der Waals surface area contributed by atoms with Crippen LogP contribution in [0.2, 0.25) is 0 Å². The van der Waals surface area contributed by atoms with Gasteiger partial charge in [0.25, 0.3) is 5.92 Å². The van der Waals surface area contributed by atoms with Crippen molar-refractivity contribution in [3.05, 3.63) is 36.8 Å². The molecule has 0 aromatic carbocycles. The molecular formula is C14H12F2N4. The Hall–Kier alpha value is -2.11. The molecular weight excluding hydrogens is 262 g/mol. The predicted molar refractivity (Wildman–Crippen MR) is 69.4 cm³/mol. The van der Waals surface area contributed by atoms with Crippen LogP contribution in [0.5, 0.6) is 0 Å².